The molecular weight excluding hydrogens is 183 g/mol. The molecule has 14 heavy (non-hydrogen) atoms. The van der Waals surface area contributed by atoms with E-state index in [0.717, 1.165) is 12.3 Å². The Bertz CT molecular complexity index is 371. The fourth-order valence-corrected chi connectivity index (χ4v) is 0.915. The summed E-state index contributed by atoms with van der Waals surface area (Å²) in [6.07, 6.45) is 7.35. The lowest BCUT2D eigenvalue weighted by Gasteiger charge is -2.00. The van der Waals surface area contributed by atoms with Crippen LogP contribution in [0.4, 0.5) is 4.39 Å². The maximum atomic E-state index is 12.6. The van der Waals surface area contributed by atoms with Gasteiger partial charge in [0.15, 0.2) is 5.78 Å². The summed E-state index contributed by atoms with van der Waals surface area (Å²) in [6, 6.07) is 1.15. The van der Waals surface area contributed by atoms with Crippen molar-refractivity contribution in [2.45, 2.75) is 0 Å². The second kappa shape index (κ2) is 5.10. The third-order valence-corrected chi connectivity index (χ3v) is 1.54. The van der Waals surface area contributed by atoms with E-state index in [4.69, 9.17) is 6.42 Å². The van der Waals surface area contributed by atoms with Crippen LogP contribution in [0, 0.1) is 18.2 Å². The quantitative estimate of drug-likeness (QED) is 0.432. The highest BCUT2D eigenvalue weighted by atomic mass is 19.1. The summed E-state index contributed by atoms with van der Waals surface area (Å²) < 4.78 is 12.6. The van der Waals surface area contributed by atoms with Gasteiger partial charge < -0.3 is 0 Å². The second-order valence-electron chi connectivity index (χ2n) is 2.62. The summed E-state index contributed by atoms with van der Waals surface area (Å²) in [5.41, 5.74) is 0.245. The molecule has 0 saturated carbocycles. The number of hydrogen-bond acceptors (Lipinski definition) is 3. The second-order valence-corrected chi connectivity index (χ2v) is 2.62. The van der Waals surface area contributed by atoms with Gasteiger partial charge in [0.1, 0.15) is 5.82 Å². The molecule has 0 fully saturated rings. The first-order valence-corrected chi connectivity index (χ1v) is 4.02. The van der Waals surface area contributed by atoms with Gasteiger partial charge in [-0.3, -0.25) is 15.1 Å². The molecule has 0 amide bonds. The molecule has 0 saturated heterocycles. The minimum atomic E-state index is -0.521. The molecule has 0 aromatic carbocycles. The van der Waals surface area contributed by atoms with Gasteiger partial charge in [-0.25, -0.2) is 4.39 Å². The molecule has 0 aliphatic carbocycles. The number of aromatic nitrogens is 1. The van der Waals surface area contributed by atoms with Crippen molar-refractivity contribution in [3.63, 3.8) is 0 Å². The molecule has 0 atom stereocenters. The largest absolute Gasteiger partial charge is 0.299 e. The number of ketones is 1. The van der Waals surface area contributed by atoms with Crippen LogP contribution in [0.25, 0.3) is 0 Å². The van der Waals surface area contributed by atoms with Gasteiger partial charge in [0.25, 0.3) is 0 Å². The molecule has 1 rings (SSSR count). The highest BCUT2D eigenvalue weighted by molar-refractivity contribution is 5.97. The summed E-state index contributed by atoms with van der Waals surface area (Å²) in [5, 5.41) is 2.72. The van der Waals surface area contributed by atoms with E-state index in [-0.39, 0.29) is 17.9 Å². The number of carbonyl (C=O) groups excluding carboxylic acids is 1. The van der Waals surface area contributed by atoms with E-state index in [2.05, 4.69) is 16.2 Å². The van der Waals surface area contributed by atoms with Crippen LogP contribution in [0.2, 0.25) is 0 Å². The Kier molecular flexibility index (Phi) is 3.77. The minimum absolute atomic E-state index is 0.0926. The molecule has 0 aliphatic rings. The molecule has 72 valence electrons. The standard InChI is InChI=1S/C10H9FN2O/c1-2-3-12-7-10(14)8-4-9(11)6-13-5-8/h1,4-6,12H,3,7H2. The molecule has 0 spiro atoms. The van der Waals surface area contributed by atoms with Gasteiger partial charge in [0, 0.05) is 11.8 Å². The Morgan fingerprint density at radius 3 is 3.07 bits per heavy atom. The van der Waals surface area contributed by atoms with Crippen molar-refractivity contribution < 1.29 is 9.18 Å². The molecule has 0 unspecified atom stereocenters. The van der Waals surface area contributed by atoms with Crippen LogP contribution in [0.15, 0.2) is 18.5 Å². The zero-order chi connectivity index (χ0) is 10.4. The number of halogens is 1. The van der Waals surface area contributed by atoms with Crippen LogP contribution in [0.1, 0.15) is 10.4 Å². The normalized spacial score (nSPS) is 9.43. The van der Waals surface area contributed by atoms with Crippen molar-refractivity contribution in [2.24, 2.45) is 0 Å². The number of Topliss-reactive ketones (excluding diaryl/α,β-unsaturated/α-hetero) is 1. The smallest absolute Gasteiger partial charge is 0.178 e. The van der Waals surface area contributed by atoms with Crippen molar-refractivity contribution in [2.75, 3.05) is 13.1 Å². The number of rotatable bonds is 4. The zero-order valence-corrected chi connectivity index (χ0v) is 7.46. The zero-order valence-electron chi connectivity index (χ0n) is 7.46. The third kappa shape index (κ3) is 2.96. The SMILES string of the molecule is C#CCNCC(=O)c1cncc(F)c1. The van der Waals surface area contributed by atoms with E-state index in [0.29, 0.717) is 6.54 Å². The molecule has 1 aromatic rings. The van der Waals surface area contributed by atoms with Crippen LogP contribution < -0.4 is 5.32 Å². The number of nitrogens with zero attached hydrogens (tertiary/aromatic N) is 1. The van der Waals surface area contributed by atoms with Crippen LogP contribution in [0.5, 0.6) is 0 Å². The number of nitrogens with one attached hydrogen (secondary N) is 1. The molecule has 1 aromatic heterocycles. The average Bonchev–Trinajstić information content (AvgIpc) is 2.18. The Labute approximate surface area is 81.4 Å². The van der Waals surface area contributed by atoms with E-state index in [1.165, 1.54) is 6.20 Å². The fourth-order valence-electron chi connectivity index (χ4n) is 0.915. The van der Waals surface area contributed by atoms with Gasteiger partial charge in [-0.2, -0.15) is 0 Å². The van der Waals surface area contributed by atoms with Gasteiger partial charge in [-0.15, -0.1) is 6.42 Å². The third-order valence-electron chi connectivity index (χ3n) is 1.54. The predicted molar refractivity (Wildman–Crippen MR) is 50.2 cm³/mol. The van der Waals surface area contributed by atoms with Gasteiger partial charge in [-0.05, 0) is 6.07 Å². The topological polar surface area (TPSA) is 42.0 Å². The number of carbonyl (C=O) groups is 1. The van der Waals surface area contributed by atoms with E-state index in [9.17, 15) is 9.18 Å². The van der Waals surface area contributed by atoms with E-state index < -0.39 is 5.82 Å². The minimum Gasteiger partial charge on any atom is -0.299 e. The molecule has 0 bridgehead atoms. The molecule has 1 N–H and O–H groups in total. The lowest BCUT2D eigenvalue weighted by atomic mass is 10.2. The van der Waals surface area contributed by atoms with Gasteiger partial charge >= 0.3 is 0 Å². The Balaban J connectivity index is 2.57. The monoisotopic (exact) mass is 192 g/mol. The van der Waals surface area contributed by atoms with Crippen molar-refractivity contribution >= 4 is 5.78 Å². The highest BCUT2D eigenvalue weighted by Gasteiger charge is 2.05. The summed E-state index contributed by atoms with van der Waals surface area (Å²) in [6.45, 7) is 0.407. The lowest BCUT2D eigenvalue weighted by molar-refractivity contribution is 0.0991. The number of pyridine rings is 1. The molecule has 4 heteroatoms. The maximum Gasteiger partial charge on any atom is 0.178 e. The summed E-state index contributed by atoms with van der Waals surface area (Å²) >= 11 is 0. The Hall–Kier alpha value is -1.73. The van der Waals surface area contributed by atoms with Crippen molar-refractivity contribution in [3.8, 4) is 12.3 Å². The lowest BCUT2D eigenvalue weighted by Crippen LogP contribution is -2.23. The van der Waals surface area contributed by atoms with Gasteiger partial charge in [0.2, 0.25) is 0 Å². The average molecular weight is 192 g/mol. The van der Waals surface area contributed by atoms with Gasteiger partial charge in [0.05, 0.1) is 19.3 Å². The van der Waals surface area contributed by atoms with Crippen LogP contribution in [0.3, 0.4) is 0 Å². The molecule has 0 radical (unpaired) electrons. The van der Waals surface area contributed by atoms with Crippen molar-refractivity contribution in [3.05, 3.63) is 29.8 Å². The molecule has 1 heterocycles. The first-order valence-electron chi connectivity index (χ1n) is 4.02. The van der Waals surface area contributed by atoms with E-state index in [1.807, 2.05) is 0 Å². The first-order chi connectivity index (χ1) is 6.74. The molecular formula is C10H9FN2O. The number of terminal acetylenes is 1. The molecule has 3 nitrogen and oxygen atoms in total. The maximum absolute atomic E-state index is 12.6. The summed E-state index contributed by atoms with van der Waals surface area (Å²) in [5.74, 6) is 1.58. The predicted octanol–water partition coefficient (Wildman–Crippen LogP) is 0.626. The van der Waals surface area contributed by atoms with E-state index in [1.54, 1.807) is 0 Å². The number of hydrogen-bond donors (Lipinski definition) is 1. The van der Waals surface area contributed by atoms with Crippen LogP contribution in [-0.4, -0.2) is 23.9 Å². The van der Waals surface area contributed by atoms with Crippen molar-refractivity contribution in [1.29, 1.82) is 0 Å². The molecule has 0 aliphatic heterocycles. The summed E-state index contributed by atoms with van der Waals surface area (Å²) in [4.78, 5) is 14.9. The van der Waals surface area contributed by atoms with Crippen molar-refractivity contribution in [1.82, 2.24) is 10.3 Å². The van der Waals surface area contributed by atoms with Gasteiger partial charge in [-0.1, -0.05) is 5.92 Å². The summed E-state index contributed by atoms with van der Waals surface area (Å²) in [7, 11) is 0. The van der Waals surface area contributed by atoms with Crippen LogP contribution in [-0.2, 0) is 0 Å². The van der Waals surface area contributed by atoms with E-state index >= 15 is 0 Å². The Morgan fingerprint density at radius 2 is 2.43 bits per heavy atom. The first kappa shape index (κ1) is 10.4. The highest BCUT2D eigenvalue weighted by Crippen LogP contribution is 2.00. The Morgan fingerprint density at radius 1 is 1.64 bits per heavy atom. The van der Waals surface area contributed by atoms with Crippen LogP contribution >= 0.6 is 0 Å². The fraction of sp³-hybridized carbons (Fsp3) is 0.200.